The molecular weight excluding hydrogens is 233 g/mol. The topological polar surface area (TPSA) is 35.6 Å². The Balaban J connectivity index is 2.16. The zero-order chi connectivity index (χ0) is 13.1. The van der Waals surface area contributed by atoms with Crippen LogP contribution < -0.4 is 5.32 Å². The lowest BCUT2D eigenvalue weighted by atomic mass is 10.1. The van der Waals surface area contributed by atoms with Gasteiger partial charge in [0.2, 0.25) is 5.91 Å². The standard InChI is InChI=1S/C13H18FN3O/c1-16(2)7-8-17-12(18)9-15-13(17)10-5-3-4-6-11(10)14/h3-6,13,15H,7-9H2,1-2H3. The van der Waals surface area contributed by atoms with E-state index in [1.807, 2.05) is 19.0 Å². The van der Waals surface area contributed by atoms with Crippen LogP contribution in [0.2, 0.25) is 0 Å². The van der Waals surface area contributed by atoms with E-state index in [0.717, 1.165) is 6.54 Å². The van der Waals surface area contributed by atoms with Crippen molar-refractivity contribution in [2.24, 2.45) is 0 Å². The first-order valence-electron chi connectivity index (χ1n) is 6.01. The molecular formula is C13H18FN3O. The second-order valence-corrected chi connectivity index (χ2v) is 4.70. The minimum absolute atomic E-state index is 0.0186. The van der Waals surface area contributed by atoms with Crippen molar-refractivity contribution >= 4 is 5.91 Å². The van der Waals surface area contributed by atoms with Crippen molar-refractivity contribution in [2.45, 2.75) is 6.17 Å². The van der Waals surface area contributed by atoms with Crippen molar-refractivity contribution in [1.29, 1.82) is 0 Å². The number of carbonyl (C=O) groups is 1. The molecule has 18 heavy (non-hydrogen) atoms. The number of nitrogens with one attached hydrogen (secondary N) is 1. The molecule has 0 radical (unpaired) electrons. The third-order valence-electron chi connectivity index (χ3n) is 3.07. The predicted octanol–water partition coefficient (Wildman–Crippen LogP) is 0.818. The van der Waals surface area contributed by atoms with Crippen LogP contribution in [-0.2, 0) is 4.79 Å². The lowest BCUT2D eigenvalue weighted by Crippen LogP contribution is -2.36. The van der Waals surface area contributed by atoms with Gasteiger partial charge in [0.1, 0.15) is 12.0 Å². The number of halogens is 1. The SMILES string of the molecule is CN(C)CCN1C(=O)CNC1c1ccccc1F. The average molecular weight is 251 g/mol. The average Bonchev–Trinajstić information content (AvgIpc) is 2.68. The summed E-state index contributed by atoms with van der Waals surface area (Å²) in [6.07, 6.45) is -0.348. The van der Waals surface area contributed by atoms with Gasteiger partial charge in [-0.25, -0.2) is 4.39 Å². The summed E-state index contributed by atoms with van der Waals surface area (Å²) in [5.74, 6) is -0.260. The number of benzene rings is 1. The van der Waals surface area contributed by atoms with Gasteiger partial charge < -0.3 is 9.80 Å². The monoisotopic (exact) mass is 251 g/mol. The molecule has 98 valence electrons. The summed E-state index contributed by atoms with van der Waals surface area (Å²) >= 11 is 0. The van der Waals surface area contributed by atoms with E-state index in [2.05, 4.69) is 5.32 Å². The molecule has 4 nitrogen and oxygen atoms in total. The first-order valence-corrected chi connectivity index (χ1v) is 6.01. The van der Waals surface area contributed by atoms with Crippen LogP contribution >= 0.6 is 0 Å². The molecule has 1 aromatic carbocycles. The van der Waals surface area contributed by atoms with Crippen LogP contribution in [0.4, 0.5) is 4.39 Å². The molecule has 0 bridgehead atoms. The Morgan fingerprint density at radius 3 is 2.83 bits per heavy atom. The summed E-state index contributed by atoms with van der Waals surface area (Å²) in [6, 6.07) is 6.57. The van der Waals surface area contributed by atoms with E-state index in [9.17, 15) is 9.18 Å². The Bertz CT molecular complexity index is 436. The zero-order valence-electron chi connectivity index (χ0n) is 10.7. The van der Waals surface area contributed by atoms with Gasteiger partial charge >= 0.3 is 0 Å². The molecule has 1 aliphatic heterocycles. The number of carbonyl (C=O) groups excluding carboxylic acids is 1. The van der Waals surface area contributed by atoms with Crippen molar-refractivity contribution in [3.8, 4) is 0 Å². The number of rotatable bonds is 4. The third kappa shape index (κ3) is 2.68. The van der Waals surface area contributed by atoms with Crippen molar-refractivity contribution in [3.05, 3.63) is 35.6 Å². The van der Waals surface area contributed by atoms with Crippen LogP contribution in [0.3, 0.4) is 0 Å². The van der Waals surface area contributed by atoms with Crippen LogP contribution in [-0.4, -0.2) is 49.4 Å². The van der Waals surface area contributed by atoms with Crippen molar-refractivity contribution in [3.63, 3.8) is 0 Å². The van der Waals surface area contributed by atoms with Crippen molar-refractivity contribution in [1.82, 2.24) is 15.1 Å². The van der Waals surface area contributed by atoms with Gasteiger partial charge in [0, 0.05) is 18.7 Å². The van der Waals surface area contributed by atoms with E-state index < -0.39 is 0 Å². The number of likely N-dealkylation sites (N-methyl/N-ethyl adjacent to an activating group) is 1. The van der Waals surface area contributed by atoms with E-state index in [1.165, 1.54) is 6.07 Å². The highest BCUT2D eigenvalue weighted by Crippen LogP contribution is 2.24. The summed E-state index contributed by atoms with van der Waals surface area (Å²) in [5.41, 5.74) is 0.530. The molecule has 1 atom stereocenters. The van der Waals surface area contributed by atoms with Gasteiger partial charge in [-0.05, 0) is 20.2 Å². The first kappa shape index (κ1) is 13.0. The zero-order valence-corrected chi connectivity index (χ0v) is 10.7. The van der Waals surface area contributed by atoms with Gasteiger partial charge in [0.15, 0.2) is 0 Å². The molecule has 0 spiro atoms. The van der Waals surface area contributed by atoms with Crippen LogP contribution in [0.1, 0.15) is 11.7 Å². The largest absolute Gasteiger partial charge is 0.320 e. The lowest BCUT2D eigenvalue weighted by Gasteiger charge is -2.26. The lowest BCUT2D eigenvalue weighted by molar-refractivity contribution is -0.128. The third-order valence-corrected chi connectivity index (χ3v) is 3.07. The minimum Gasteiger partial charge on any atom is -0.320 e. The molecule has 1 aromatic rings. The van der Waals surface area contributed by atoms with E-state index in [4.69, 9.17) is 0 Å². The van der Waals surface area contributed by atoms with Crippen LogP contribution in [0.25, 0.3) is 0 Å². The molecule has 0 aromatic heterocycles. The highest BCUT2D eigenvalue weighted by atomic mass is 19.1. The second kappa shape index (κ2) is 5.46. The summed E-state index contributed by atoms with van der Waals surface area (Å²) in [6.45, 7) is 1.63. The maximum absolute atomic E-state index is 13.8. The smallest absolute Gasteiger partial charge is 0.238 e. The van der Waals surface area contributed by atoms with Crippen molar-refractivity contribution in [2.75, 3.05) is 33.7 Å². The van der Waals surface area contributed by atoms with E-state index in [-0.39, 0.29) is 24.4 Å². The molecule has 1 heterocycles. The molecule has 0 aliphatic carbocycles. The molecule has 1 N–H and O–H groups in total. The number of nitrogens with zero attached hydrogens (tertiary/aromatic N) is 2. The fourth-order valence-electron chi connectivity index (χ4n) is 2.08. The Hall–Kier alpha value is -1.46. The fraction of sp³-hybridized carbons (Fsp3) is 0.462. The Morgan fingerprint density at radius 1 is 1.44 bits per heavy atom. The quantitative estimate of drug-likeness (QED) is 0.860. The van der Waals surface area contributed by atoms with Gasteiger partial charge in [0.25, 0.3) is 0 Å². The molecule has 1 saturated heterocycles. The van der Waals surface area contributed by atoms with Crippen molar-refractivity contribution < 1.29 is 9.18 Å². The molecule has 1 amide bonds. The maximum atomic E-state index is 13.8. The molecule has 5 heteroatoms. The summed E-state index contributed by atoms with van der Waals surface area (Å²) < 4.78 is 13.8. The van der Waals surface area contributed by atoms with Gasteiger partial charge in [0.05, 0.1) is 6.54 Å². The van der Waals surface area contributed by atoms with Gasteiger partial charge in [-0.3, -0.25) is 10.1 Å². The molecule has 1 aliphatic rings. The van der Waals surface area contributed by atoms with Gasteiger partial charge in [-0.15, -0.1) is 0 Å². The number of amides is 1. The normalized spacial score (nSPS) is 19.9. The Morgan fingerprint density at radius 2 is 2.17 bits per heavy atom. The fourth-order valence-corrected chi connectivity index (χ4v) is 2.08. The second-order valence-electron chi connectivity index (χ2n) is 4.70. The van der Waals surface area contributed by atoms with Crippen LogP contribution in [0.5, 0.6) is 0 Å². The number of hydrogen-bond donors (Lipinski definition) is 1. The molecule has 0 saturated carbocycles. The van der Waals surface area contributed by atoms with Crippen LogP contribution in [0.15, 0.2) is 24.3 Å². The summed E-state index contributed by atoms with van der Waals surface area (Å²) in [5, 5.41) is 3.06. The minimum atomic E-state index is -0.348. The molecule has 1 fully saturated rings. The molecule has 1 unspecified atom stereocenters. The summed E-state index contributed by atoms with van der Waals surface area (Å²) in [4.78, 5) is 15.5. The van der Waals surface area contributed by atoms with Gasteiger partial charge in [-0.1, -0.05) is 18.2 Å². The summed E-state index contributed by atoms with van der Waals surface area (Å²) in [7, 11) is 3.90. The van der Waals surface area contributed by atoms with Crippen LogP contribution in [0, 0.1) is 5.82 Å². The van der Waals surface area contributed by atoms with E-state index >= 15 is 0 Å². The van der Waals surface area contributed by atoms with E-state index in [1.54, 1.807) is 23.1 Å². The first-order chi connectivity index (χ1) is 8.59. The molecule has 2 rings (SSSR count). The predicted molar refractivity (Wildman–Crippen MR) is 67.4 cm³/mol. The Labute approximate surface area is 106 Å². The van der Waals surface area contributed by atoms with E-state index in [0.29, 0.717) is 12.1 Å². The highest BCUT2D eigenvalue weighted by molar-refractivity contribution is 5.81. The Kier molecular flexibility index (Phi) is 3.93. The maximum Gasteiger partial charge on any atom is 0.238 e. The number of hydrogen-bond acceptors (Lipinski definition) is 3. The highest BCUT2D eigenvalue weighted by Gasteiger charge is 2.32. The van der Waals surface area contributed by atoms with Gasteiger partial charge in [-0.2, -0.15) is 0 Å².